The predicted octanol–water partition coefficient (Wildman–Crippen LogP) is 4.30. The van der Waals surface area contributed by atoms with Crippen LogP contribution in [-0.4, -0.2) is 9.55 Å². The lowest BCUT2D eigenvalue weighted by Crippen LogP contribution is -2.13. The van der Waals surface area contributed by atoms with Gasteiger partial charge in [0.25, 0.3) is 0 Å². The maximum atomic E-state index is 5.41. The maximum Gasteiger partial charge on any atom is 0.178 e. The standard InChI is InChI=1S/C14H20N2S/c1-9(2)11(4)8-16-13-7-10(3)5-6-12(13)15-14(16)17/h5-7,9,11H,8H2,1-4H3,(H,15,17). The van der Waals surface area contributed by atoms with Crippen LogP contribution in [0.2, 0.25) is 0 Å². The van der Waals surface area contributed by atoms with Crippen LogP contribution in [0.25, 0.3) is 11.0 Å². The van der Waals surface area contributed by atoms with Gasteiger partial charge in [0.2, 0.25) is 0 Å². The van der Waals surface area contributed by atoms with Gasteiger partial charge in [-0.25, -0.2) is 0 Å². The fourth-order valence-corrected chi connectivity index (χ4v) is 2.23. The molecule has 0 radical (unpaired) electrons. The minimum absolute atomic E-state index is 0.626. The molecule has 1 N–H and O–H groups in total. The van der Waals surface area contributed by atoms with Crippen molar-refractivity contribution in [3.8, 4) is 0 Å². The second-order valence-corrected chi connectivity index (χ2v) is 5.67. The molecule has 0 fully saturated rings. The first kappa shape index (κ1) is 12.4. The lowest BCUT2D eigenvalue weighted by atomic mass is 9.98. The number of nitrogens with one attached hydrogen (secondary N) is 1. The number of aromatic nitrogens is 2. The number of fused-ring (bicyclic) bond motifs is 1. The molecule has 1 atom stereocenters. The van der Waals surface area contributed by atoms with E-state index in [2.05, 4.69) is 55.4 Å². The highest BCUT2D eigenvalue weighted by Crippen LogP contribution is 2.20. The van der Waals surface area contributed by atoms with Crippen LogP contribution in [0.1, 0.15) is 26.3 Å². The molecule has 0 aliphatic heterocycles. The molecule has 0 spiro atoms. The van der Waals surface area contributed by atoms with Crippen LogP contribution in [0.15, 0.2) is 18.2 Å². The first-order chi connectivity index (χ1) is 7.99. The van der Waals surface area contributed by atoms with Crippen LogP contribution in [0.3, 0.4) is 0 Å². The van der Waals surface area contributed by atoms with E-state index >= 15 is 0 Å². The minimum Gasteiger partial charge on any atom is -0.331 e. The van der Waals surface area contributed by atoms with Crippen molar-refractivity contribution in [1.82, 2.24) is 9.55 Å². The quantitative estimate of drug-likeness (QED) is 0.803. The van der Waals surface area contributed by atoms with Gasteiger partial charge in [-0.2, -0.15) is 0 Å². The highest BCUT2D eigenvalue weighted by atomic mass is 32.1. The second kappa shape index (κ2) is 4.65. The van der Waals surface area contributed by atoms with Gasteiger partial charge >= 0.3 is 0 Å². The fourth-order valence-electron chi connectivity index (χ4n) is 1.94. The molecular weight excluding hydrogens is 228 g/mol. The van der Waals surface area contributed by atoms with E-state index in [4.69, 9.17) is 12.2 Å². The molecule has 2 aromatic rings. The second-order valence-electron chi connectivity index (χ2n) is 5.28. The summed E-state index contributed by atoms with van der Waals surface area (Å²) in [5, 5.41) is 0. The Morgan fingerprint density at radius 3 is 2.65 bits per heavy atom. The third-order valence-electron chi connectivity index (χ3n) is 3.54. The maximum absolute atomic E-state index is 5.41. The van der Waals surface area contributed by atoms with E-state index in [0.29, 0.717) is 11.8 Å². The van der Waals surface area contributed by atoms with Crippen molar-refractivity contribution in [2.75, 3.05) is 0 Å². The van der Waals surface area contributed by atoms with Gasteiger partial charge in [-0.1, -0.05) is 26.8 Å². The van der Waals surface area contributed by atoms with Crippen molar-refractivity contribution in [3.05, 3.63) is 28.5 Å². The first-order valence-corrected chi connectivity index (χ1v) is 6.59. The van der Waals surface area contributed by atoms with Gasteiger partial charge in [-0.05, 0) is 48.7 Å². The zero-order chi connectivity index (χ0) is 12.6. The smallest absolute Gasteiger partial charge is 0.178 e. The van der Waals surface area contributed by atoms with E-state index in [1.54, 1.807) is 0 Å². The number of aryl methyl sites for hydroxylation is 1. The van der Waals surface area contributed by atoms with E-state index in [9.17, 15) is 0 Å². The SMILES string of the molecule is Cc1ccc2[nH]c(=S)n(CC(C)C(C)C)c2c1. The third-order valence-corrected chi connectivity index (χ3v) is 3.86. The summed E-state index contributed by atoms with van der Waals surface area (Å²) in [6.45, 7) is 9.90. The molecule has 17 heavy (non-hydrogen) atoms. The van der Waals surface area contributed by atoms with Gasteiger partial charge in [0.05, 0.1) is 11.0 Å². The molecule has 0 aliphatic rings. The summed E-state index contributed by atoms with van der Waals surface area (Å²) < 4.78 is 3.06. The van der Waals surface area contributed by atoms with E-state index in [0.717, 1.165) is 16.8 Å². The van der Waals surface area contributed by atoms with Crippen LogP contribution in [0.5, 0.6) is 0 Å². The van der Waals surface area contributed by atoms with E-state index in [-0.39, 0.29) is 0 Å². The van der Waals surface area contributed by atoms with Gasteiger partial charge in [0.15, 0.2) is 4.77 Å². The predicted molar refractivity (Wildman–Crippen MR) is 75.9 cm³/mol. The molecule has 0 aliphatic carbocycles. The number of nitrogens with zero attached hydrogens (tertiary/aromatic N) is 1. The molecule has 1 unspecified atom stereocenters. The Hall–Kier alpha value is -1.09. The van der Waals surface area contributed by atoms with Crippen LogP contribution in [0, 0.1) is 23.5 Å². The number of hydrogen-bond donors (Lipinski definition) is 1. The summed E-state index contributed by atoms with van der Waals surface area (Å²) in [4.78, 5) is 3.28. The summed E-state index contributed by atoms with van der Waals surface area (Å²) in [6, 6.07) is 6.43. The van der Waals surface area contributed by atoms with Crippen molar-refractivity contribution in [3.63, 3.8) is 0 Å². The molecular formula is C14H20N2S. The zero-order valence-electron chi connectivity index (χ0n) is 10.9. The zero-order valence-corrected chi connectivity index (χ0v) is 11.8. The van der Waals surface area contributed by atoms with Crippen molar-refractivity contribution in [1.29, 1.82) is 0 Å². The van der Waals surface area contributed by atoms with E-state index in [1.807, 2.05) is 0 Å². The lowest BCUT2D eigenvalue weighted by molar-refractivity contribution is 0.367. The average Bonchev–Trinajstić information content (AvgIpc) is 2.55. The van der Waals surface area contributed by atoms with Gasteiger partial charge in [0.1, 0.15) is 0 Å². The molecule has 3 heteroatoms. The molecule has 0 amide bonds. The summed E-state index contributed by atoms with van der Waals surface area (Å²) in [5.74, 6) is 1.30. The monoisotopic (exact) mass is 248 g/mol. The van der Waals surface area contributed by atoms with Crippen LogP contribution < -0.4 is 0 Å². The van der Waals surface area contributed by atoms with Gasteiger partial charge < -0.3 is 9.55 Å². The molecule has 0 bridgehead atoms. The lowest BCUT2D eigenvalue weighted by Gasteiger charge is -2.16. The van der Waals surface area contributed by atoms with E-state index < -0.39 is 0 Å². The Kier molecular flexibility index (Phi) is 3.38. The first-order valence-electron chi connectivity index (χ1n) is 6.18. The fraction of sp³-hybridized carbons (Fsp3) is 0.500. The average molecular weight is 248 g/mol. The largest absolute Gasteiger partial charge is 0.331 e. The van der Waals surface area contributed by atoms with Gasteiger partial charge in [0, 0.05) is 6.54 Å². The number of benzene rings is 1. The molecule has 2 nitrogen and oxygen atoms in total. The molecule has 1 aromatic carbocycles. The number of hydrogen-bond acceptors (Lipinski definition) is 1. The summed E-state index contributed by atoms with van der Waals surface area (Å²) in [7, 11) is 0. The van der Waals surface area contributed by atoms with Crippen LogP contribution in [-0.2, 0) is 6.54 Å². The highest BCUT2D eigenvalue weighted by molar-refractivity contribution is 7.71. The highest BCUT2D eigenvalue weighted by Gasteiger charge is 2.11. The van der Waals surface area contributed by atoms with Crippen LogP contribution in [0.4, 0.5) is 0 Å². The van der Waals surface area contributed by atoms with Gasteiger partial charge in [-0.3, -0.25) is 0 Å². The van der Waals surface area contributed by atoms with Crippen molar-refractivity contribution in [2.24, 2.45) is 11.8 Å². The molecule has 92 valence electrons. The normalized spacial score (nSPS) is 13.5. The van der Waals surface area contributed by atoms with Crippen molar-refractivity contribution < 1.29 is 0 Å². The number of H-pyrrole nitrogens is 1. The summed E-state index contributed by atoms with van der Waals surface area (Å²) >= 11 is 5.41. The number of aromatic amines is 1. The topological polar surface area (TPSA) is 20.7 Å². The molecule has 0 saturated carbocycles. The number of imidazole rings is 1. The Morgan fingerprint density at radius 2 is 2.00 bits per heavy atom. The molecule has 1 heterocycles. The Labute approximate surface area is 108 Å². The number of rotatable bonds is 3. The Bertz CT molecular complexity index is 577. The Morgan fingerprint density at radius 1 is 1.29 bits per heavy atom. The Balaban J connectivity index is 2.49. The van der Waals surface area contributed by atoms with Crippen molar-refractivity contribution >= 4 is 23.3 Å². The minimum atomic E-state index is 0.626. The summed E-state index contributed by atoms with van der Waals surface area (Å²) in [5.41, 5.74) is 3.64. The van der Waals surface area contributed by atoms with Crippen LogP contribution >= 0.6 is 12.2 Å². The summed E-state index contributed by atoms with van der Waals surface area (Å²) in [6.07, 6.45) is 0. The molecule has 2 rings (SSSR count). The van der Waals surface area contributed by atoms with Gasteiger partial charge in [-0.15, -0.1) is 0 Å². The third kappa shape index (κ3) is 2.44. The van der Waals surface area contributed by atoms with E-state index in [1.165, 1.54) is 11.1 Å². The van der Waals surface area contributed by atoms with Crippen molar-refractivity contribution in [2.45, 2.75) is 34.2 Å². The molecule has 0 saturated heterocycles. The molecule has 1 aromatic heterocycles.